The molecule has 1 aliphatic heterocycles. The number of halogens is 2. The molecule has 0 unspecified atom stereocenters. The summed E-state index contributed by atoms with van der Waals surface area (Å²) >= 11 is 12.3. The van der Waals surface area contributed by atoms with Crippen molar-refractivity contribution in [2.24, 2.45) is 0 Å². The average molecular weight is 368 g/mol. The SMILES string of the molecule is Cc1cc(N2C[C@@H](C)N(C(=O)O)[C@@H](C)C2)cc2c(Cl)cc(Cl)nc12. The number of nitrogens with zero attached hydrogens (tertiary/aromatic N) is 3. The van der Waals surface area contributed by atoms with Gasteiger partial charge in [0, 0.05) is 24.2 Å². The second-order valence-electron chi connectivity index (χ2n) is 6.38. The number of amides is 1. The van der Waals surface area contributed by atoms with Crippen LogP contribution in [-0.4, -0.2) is 46.3 Å². The van der Waals surface area contributed by atoms with Crippen LogP contribution in [0.1, 0.15) is 19.4 Å². The molecule has 5 nitrogen and oxygen atoms in total. The summed E-state index contributed by atoms with van der Waals surface area (Å²) in [6.07, 6.45) is -0.869. The van der Waals surface area contributed by atoms with Crippen molar-refractivity contribution in [1.29, 1.82) is 0 Å². The molecule has 7 heteroatoms. The Hall–Kier alpha value is -1.72. The highest BCUT2D eigenvalue weighted by molar-refractivity contribution is 6.38. The number of aryl methyl sites for hydroxylation is 1. The van der Waals surface area contributed by atoms with E-state index in [2.05, 4.69) is 16.0 Å². The van der Waals surface area contributed by atoms with E-state index >= 15 is 0 Å². The standard InChI is InChI=1S/C17H19Cl2N3O2/c1-9-4-12(5-13-14(18)6-15(19)20-16(9)13)21-7-10(2)22(17(23)24)11(3)8-21/h4-6,10-11H,7-8H2,1-3H3,(H,23,24)/t10-,11+. The summed E-state index contributed by atoms with van der Waals surface area (Å²) in [5.74, 6) is 0. The van der Waals surface area contributed by atoms with Crippen molar-refractivity contribution >= 4 is 45.9 Å². The normalized spacial score (nSPS) is 21.4. The van der Waals surface area contributed by atoms with Crippen molar-refractivity contribution < 1.29 is 9.90 Å². The van der Waals surface area contributed by atoms with Crippen LogP contribution in [0.25, 0.3) is 10.9 Å². The van der Waals surface area contributed by atoms with Gasteiger partial charge in [0.25, 0.3) is 0 Å². The molecular formula is C17H19Cl2N3O2. The molecule has 0 aliphatic carbocycles. The van der Waals surface area contributed by atoms with Crippen molar-refractivity contribution in [2.45, 2.75) is 32.9 Å². The zero-order chi connectivity index (χ0) is 17.6. The van der Waals surface area contributed by atoms with Crippen molar-refractivity contribution in [2.75, 3.05) is 18.0 Å². The van der Waals surface area contributed by atoms with Gasteiger partial charge in [-0.05, 0) is 44.5 Å². The van der Waals surface area contributed by atoms with Gasteiger partial charge in [-0.15, -0.1) is 0 Å². The first-order valence-corrected chi connectivity index (χ1v) is 8.56. The van der Waals surface area contributed by atoms with Crippen LogP contribution < -0.4 is 4.90 Å². The average Bonchev–Trinajstić information content (AvgIpc) is 2.46. The van der Waals surface area contributed by atoms with Gasteiger partial charge in [-0.2, -0.15) is 0 Å². The number of anilines is 1. The number of carbonyl (C=O) groups is 1. The van der Waals surface area contributed by atoms with Crippen LogP contribution in [0.4, 0.5) is 10.5 Å². The number of benzene rings is 1. The minimum atomic E-state index is -0.869. The van der Waals surface area contributed by atoms with E-state index in [0.717, 1.165) is 22.2 Å². The molecule has 2 aromatic rings. The third kappa shape index (κ3) is 2.98. The zero-order valence-electron chi connectivity index (χ0n) is 13.8. The fraction of sp³-hybridized carbons (Fsp3) is 0.412. The quantitative estimate of drug-likeness (QED) is 0.757. The fourth-order valence-corrected chi connectivity index (χ4v) is 4.00. The molecule has 0 radical (unpaired) electrons. The predicted molar refractivity (Wildman–Crippen MR) is 97.5 cm³/mol. The molecule has 1 saturated heterocycles. The zero-order valence-corrected chi connectivity index (χ0v) is 15.3. The summed E-state index contributed by atoms with van der Waals surface area (Å²) in [7, 11) is 0. The van der Waals surface area contributed by atoms with Gasteiger partial charge in [0.15, 0.2) is 0 Å². The highest BCUT2D eigenvalue weighted by Gasteiger charge is 2.33. The number of fused-ring (bicyclic) bond motifs is 1. The Bertz CT molecular complexity index is 800. The summed E-state index contributed by atoms with van der Waals surface area (Å²) in [4.78, 5) is 19.5. The molecule has 128 valence electrons. The van der Waals surface area contributed by atoms with Crippen molar-refractivity contribution in [1.82, 2.24) is 9.88 Å². The van der Waals surface area contributed by atoms with Crippen LogP contribution in [0.2, 0.25) is 10.2 Å². The molecule has 1 aromatic carbocycles. The van der Waals surface area contributed by atoms with Gasteiger partial charge in [0.1, 0.15) is 5.15 Å². The van der Waals surface area contributed by atoms with Crippen molar-refractivity contribution in [3.63, 3.8) is 0 Å². The topological polar surface area (TPSA) is 56.7 Å². The first kappa shape index (κ1) is 17.1. The summed E-state index contributed by atoms with van der Waals surface area (Å²) < 4.78 is 0. The van der Waals surface area contributed by atoms with E-state index in [1.165, 1.54) is 4.90 Å². The third-order valence-corrected chi connectivity index (χ3v) is 5.02. The number of rotatable bonds is 1. The Balaban J connectivity index is 2.00. The van der Waals surface area contributed by atoms with Gasteiger partial charge in [-0.1, -0.05) is 23.2 Å². The van der Waals surface area contributed by atoms with Crippen LogP contribution >= 0.6 is 23.2 Å². The van der Waals surface area contributed by atoms with E-state index in [1.54, 1.807) is 6.07 Å². The lowest BCUT2D eigenvalue weighted by molar-refractivity contribution is 0.0983. The minimum absolute atomic E-state index is 0.0823. The largest absolute Gasteiger partial charge is 0.465 e. The van der Waals surface area contributed by atoms with Crippen LogP contribution in [0, 0.1) is 6.92 Å². The van der Waals surface area contributed by atoms with E-state index in [1.807, 2.05) is 26.8 Å². The lowest BCUT2D eigenvalue weighted by atomic mass is 10.0. The molecule has 1 N–H and O–H groups in total. The molecule has 1 aromatic heterocycles. The van der Waals surface area contributed by atoms with Crippen molar-refractivity contribution in [3.8, 4) is 0 Å². The molecule has 1 aliphatic rings. The molecule has 0 bridgehead atoms. The van der Waals surface area contributed by atoms with E-state index in [9.17, 15) is 9.90 Å². The van der Waals surface area contributed by atoms with Crippen molar-refractivity contribution in [3.05, 3.63) is 33.9 Å². The number of pyridine rings is 1. The van der Waals surface area contributed by atoms with Crippen LogP contribution in [0.5, 0.6) is 0 Å². The number of carboxylic acid groups (broad SMARTS) is 1. The minimum Gasteiger partial charge on any atom is -0.465 e. The van der Waals surface area contributed by atoms with Gasteiger partial charge >= 0.3 is 6.09 Å². The lowest BCUT2D eigenvalue weighted by Gasteiger charge is -2.44. The van der Waals surface area contributed by atoms with E-state index in [-0.39, 0.29) is 12.1 Å². The maximum atomic E-state index is 11.4. The van der Waals surface area contributed by atoms with Crippen LogP contribution in [-0.2, 0) is 0 Å². The van der Waals surface area contributed by atoms with Gasteiger partial charge < -0.3 is 10.0 Å². The monoisotopic (exact) mass is 367 g/mol. The molecule has 2 heterocycles. The molecule has 3 rings (SSSR count). The predicted octanol–water partition coefficient (Wildman–Crippen LogP) is 4.43. The second-order valence-corrected chi connectivity index (χ2v) is 7.17. The Labute approximate surface area is 150 Å². The number of aromatic nitrogens is 1. The van der Waals surface area contributed by atoms with Crippen LogP contribution in [0.3, 0.4) is 0 Å². The van der Waals surface area contributed by atoms with E-state index in [4.69, 9.17) is 23.2 Å². The number of piperazine rings is 1. The van der Waals surface area contributed by atoms with Gasteiger partial charge in [-0.3, -0.25) is 4.90 Å². The maximum Gasteiger partial charge on any atom is 0.407 e. The second kappa shape index (κ2) is 6.30. The highest BCUT2D eigenvalue weighted by atomic mass is 35.5. The third-order valence-electron chi connectivity index (χ3n) is 4.51. The fourth-order valence-electron chi connectivity index (χ4n) is 3.51. The summed E-state index contributed by atoms with van der Waals surface area (Å²) in [6.45, 7) is 7.12. The maximum absolute atomic E-state index is 11.4. The molecule has 1 amide bonds. The van der Waals surface area contributed by atoms with Crippen LogP contribution in [0.15, 0.2) is 18.2 Å². The first-order valence-electron chi connectivity index (χ1n) is 7.80. The Kier molecular flexibility index (Phi) is 4.49. The lowest BCUT2D eigenvalue weighted by Crippen LogP contribution is -2.58. The van der Waals surface area contributed by atoms with Gasteiger partial charge in [0.2, 0.25) is 0 Å². The molecule has 2 atom stereocenters. The van der Waals surface area contributed by atoms with E-state index < -0.39 is 6.09 Å². The first-order chi connectivity index (χ1) is 11.3. The molecule has 0 saturated carbocycles. The Morgan fingerprint density at radius 2 is 1.83 bits per heavy atom. The summed E-state index contributed by atoms with van der Waals surface area (Å²) in [5.41, 5.74) is 2.81. The van der Waals surface area contributed by atoms with Gasteiger partial charge in [0.05, 0.1) is 22.6 Å². The molecular weight excluding hydrogens is 349 g/mol. The van der Waals surface area contributed by atoms with Gasteiger partial charge in [-0.25, -0.2) is 9.78 Å². The Morgan fingerprint density at radius 1 is 1.21 bits per heavy atom. The smallest absolute Gasteiger partial charge is 0.407 e. The van der Waals surface area contributed by atoms with E-state index in [0.29, 0.717) is 23.3 Å². The highest BCUT2D eigenvalue weighted by Crippen LogP contribution is 2.33. The summed E-state index contributed by atoms with van der Waals surface area (Å²) in [6, 6.07) is 5.53. The molecule has 1 fully saturated rings. The molecule has 0 spiro atoms. The molecule has 24 heavy (non-hydrogen) atoms. The Morgan fingerprint density at radius 3 is 2.42 bits per heavy atom. The summed E-state index contributed by atoms with van der Waals surface area (Å²) in [5, 5.41) is 11.2. The number of hydrogen-bond acceptors (Lipinski definition) is 3. The number of hydrogen-bond donors (Lipinski definition) is 1.